The van der Waals surface area contributed by atoms with Crippen LogP contribution >= 0.6 is 0 Å². The van der Waals surface area contributed by atoms with E-state index in [9.17, 15) is 34.2 Å². The first-order valence-electron chi connectivity index (χ1n) is 15.0. The third kappa shape index (κ3) is 22.0. The standard InChI is InChI=1S/C27H50N6O7.CH4O/c1-2-3-9-28-24(35)8-6-4-5-7-10-29-25(36)21-31-13-11-30(19-20-34)12-14-32(22-26(37)38)17-18-33(16-15-31)23-27(39)40;1-2/h20H,2-19,21-23H2,1H3,(H,28,35)(H,29,36)(H,37,38)(H,39,40);2H,1H3. The Hall–Kier alpha value is -2.65. The Labute approximate surface area is 250 Å². The van der Waals surface area contributed by atoms with E-state index in [2.05, 4.69) is 17.6 Å². The maximum Gasteiger partial charge on any atom is 0.317 e. The first kappa shape index (κ1) is 39.4. The number of carbonyl (C=O) groups is 5. The van der Waals surface area contributed by atoms with Crippen molar-refractivity contribution in [3.8, 4) is 0 Å². The molecule has 0 bridgehead atoms. The topological polar surface area (TPSA) is 183 Å². The van der Waals surface area contributed by atoms with E-state index in [-0.39, 0.29) is 38.0 Å². The Balaban J connectivity index is 0.00000821. The number of carboxylic acid groups (broad SMARTS) is 2. The van der Waals surface area contributed by atoms with Gasteiger partial charge >= 0.3 is 11.9 Å². The summed E-state index contributed by atoms with van der Waals surface area (Å²) in [5.41, 5.74) is 0. The Morgan fingerprint density at radius 2 is 1.05 bits per heavy atom. The van der Waals surface area contributed by atoms with Crippen molar-refractivity contribution in [1.29, 1.82) is 0 Å². The zero-order valence-electron chi connectivity index (χ0n) is 25.6. The monoisotopic (exact) mass is 602 g/mol. The lowest BCUT2D eigenvalue weighted by Crippen LogP contribution is -2.49. The highest BCUT2D eigenvalue weighted by atomic mass is 16.4. The summed E-state index contributed by atoms with van der Waals surface area (Å²) in [7, 11) is 1.00. The fourth-order valence-corrected chi connectivity index (χ4v) is 4.47. The van der Waals surface area contributed by atoms with E-state index in [4.69, 9.17) is 5.11 Å². The molecule has 0 spiro atoms. The third-order valence-corrected chi connectivity index (χ3v) is 6.85. The lowest BCUT2D eigenvalue weighted by molar-refractivity contribution is -0.140. The predicted octanol–water partition coefficient (Wildman–Crippen LogP) is -0.832. The lowest BCUT2D eigenvalue weighted by atomic mass is 10.1. The number of nitrogens with one attached hydrogen (secondary N) is 2. The van der Waals surface area contributed by atoms with Crippen LogP contribution in [-0.2, 0) is 24.0 Å². The molecule has 0 aromatic rings. The van der Waals surface area contributed by atoms with Gasteiger partial charge in [0.05, 0.1) is 26.2 Å². The number of hydrogen-bond acceptors (Lipinski definition) is 10. The number of aldehydes is 1. The number of unbranched alkanes of at least 4 members (excludes halogenated alkanes) is 4. The summed E-state index contributed by atoms with van der Waals surface area (Å²) in [4.78, 5) is 65.7. The fourth-order valence-electron chi connectivity index (χ4n) is 4.47. The highest BCUT2D eigenvalue weighted by molar-refractivity contribution is 5.78. The number of rotatable bonds is 18. The summed E-state index contributed by atoms with van der Waals surface area (Å²) in [5, 5.41) is 31.4. The molecule has 0 aliphatic carbocycles. The molecule has 2 amide bonds. The molecule has 244 valence electrons. The Morgan fingerprint density at radius 1 is 0.619 bits per heavy atom. The zero-order valence-corrected chi connectivity index (χ0v) is 25.6. The second-order valence-electron chi connectivity index (χ2n) is 10.3. The van der Waals surface area contributed by atoms with E-state index in [1.54, 1.807) is 9.80 Å². The average Bonchev–Trinajstić information content (AvgIpc) is 2.94. The molecule has 0 aromatic carbocycles. The first-order chi connectivity index (χ1) is 20.2. The molecule has 14 nitrogen and oxygen atoms in total. The van der Waals surface area contributed by atoms with Gasteiger partial charge in [0.25, 0.3) is 0 Å². The molecule has 5 N–H and O–H groups in total. The van der Waals surface area contributed by atoms with Gasteiger partial charge in [-0.3, -0.25) is 38.8 Å². The van der Waals surface area contributed by atoms with Gasteiger partial charge in [0.1, 0.15) is 6.29 Å². The van der Waals surface area contributed by atoms with Crippen LogP contribution in [-0.4, -0.2) is 164 Å². The van der Waals surface area contributed by atoms with E-state index in [1.807, 2.05) is 9.80 Å². The van der Waals surface area contributed by atoms with E-state index < -0.39 is 11.9 Å². The van der Waals surface area contributed by atoms with Crippen LogP contribution < -0.4 is 10.6 Å². The second kappa shape index (κ2) is 26.0. The Morgan fingerprint density at radius 3 is 1.52 bits per heavy atom. The van der Waals surface area contributed by atoms with Crippen LogP contribution in [0.1, 0.15) is 51.9 Å². The maximum absolute atomic E-state index is 12.7. The maximum atomic E-state index is 12.7. The minimum atomic E-state index is -0.963. The molecular weight excluding hydrogens is 548 g/mol. The smallest absolute Gasteiger partial charge is 0.317 e. The van der Waals surface area contributed by atoms with Crippen molar-refractivity contribution < 1.29 is 39.3 Å². The van der Waals surface area contributed by atoms with Gasteiger partial charge in [-0.1, -0.05) is 26.2 Å². The molecular formula is C28H54N6O8. The molecule has 1 aliphatic rings. The van der Waals surface area contributed by atoms with Gasteiger partial charge in [-0.2, -0.15) is 0 Å². The summed E-state index contributed by atoms with van der Waals surface area (Å²) >= 11 is 0. The summed E-state index contributed by atoms with van der Waals surface area (Å²) in [5.74, 6) is -1.93. The summed E-state index contributed by atoms with van der Waals surface area (Å²) < 4.78 is 0. The molecule has 0 atom stereocenters. The van der Waals surface area contributed by atoms with Gasteiger partial charge in [0.2, 0.25) is 11.8 Å². The predicted molar refractivity (Wildman–Crippen MR) is 159 cm³/mol. The molecule has 0 aromatic heterocycles. The molecule has 1 fully saturated rings. The van der Waals surface area contributed by atoms with Crippen molar-refractivity contribution in [3.63, 3.8) is 0 Å². The quantitative estimate of drug-likeness (QED) is 0.0971. The van der Waals surface area contributed by atoms with Crippen molar-refractivity contribution in [2.24, 2.45) is 0 Å². The Bertz CT molecular complexity index is 773. The molecule has 1 heterocycles. The minimum Gasteiger partial charge on any atom is -0.480 e. The number of nitrogens with zero attached hydrogens (tertiary/aromatic N) is 4. The number of aliphatic hydroxyl groups excluding tert-OH is 1. The van der Waals surface area contributed by atoms with Crippen LogP contribution in [0.3, 0.4) is 0 Å². The number of carbonyl (C=O) groups excluding carboxylic acids is 3. The largest absolute Gasteiger partial charge is 0.480 e. The molecule has 1 aliphatic heterocycles. The molecule has 1 saturated heterocycles. The SMILES string of the molecule is CCCCNC(=O)CCCCCCNC(=O)CN1CCN(CC=O)CCN(CC(=O)O)CCN(CC(=O)O)CC1.CO. The molecule has 1 rings (SSSR count). The molecule has 0 saturated carbocycles. The third-order valence-electron chi connectivity index (χ3n) is 6.85. The van der Waals surface area contributed by atoms with E-state index >= 15 is 0 Å². The Kier molecular flexibility index (Phi) is 24.4. The van der Waals surface area contributed by atoms with Crippen LogP contribution in [0.2, 0.25) is 0 Å². The number of hydrogen-bond donors (Lipinski definition) is 5. The molecule has 42 heavy (non-hydrogen) atoms. The zero-order chi connectivity index (χ0) is 31.6. The number of carboxylic acids is 2. The highest BCUT2D eigenvalue weighted by Gasteiger charge is 2.20. The highest BCUT2D eigenvalue weighted by Crippen LogP contribution is 2.04. The van der Waals surface area contributed by atoms with E-state index in [0.29, 0.717) is 65.3 Å². The average molecular weight is 603 g/mol. The lowest BCUT2D eigenvalue weighted by Gasteiger charge is -2.32. The van der Waals surface area contributed by atoms with Gasteiger partial charge in [-0.15, -0.1) is 0 Å². The normalized spacial score (nSPS) is 16.3. The van der Waals surface area contributed by atoms with Gasteiger partial charge in [-0.05, 0) is 19.3 Å². The second-order valence-corrected chi connectivity index (χ2v) is 10.3. The number of aliphatic carboxylic acids is 2. The van der Waals surface area contributed by atoms with Crippen molar-refractivity contribution >= 4 is 30.0 Å². The molecule has 14 heteroatoms. The summed E-state index contributed by atoms with van der Waals surface area (Å²) in [6.45, 7) is 7.05. The number of amides is 2. The van der Waals surface area contributed by atoms with Crippen molar-refractivity contribution in [2.75, 3.05) is 98.7 Å². The van der Waals surface area contributed by atoms with Gasteiger partial charge in [-0.25, -0.2) is 0 Å². The first-order valence-corrected chi connectivity index (χ1v) is 15.0. The van der Waals surface area contributed by atoms with Gasteiger partial charge in [0, 0.05) is 79.0 Å². The van der Waals surface area contributed by atoms with E-state index in [1.165, 1.54) is 0 Å². The van der Waals surface area contributed by atoms with Crippen LogP contribution in [0.4, 0.5) is 0 Å². The summed E-state index contributed by atoms with van der Waals surface area (Å²) in [6.07, 6.45) is 6.91. The van der Waals surface area contributed by atoms with Crippen molar-refractivity contribution in [1.82, 2.24) is 30.2 Å². The minimum absolute atomic E-state index is 0.0963. The molecule has 0 unspecified atom stereocenters. The summed E-state index contributed by atoms with van der Waals surface area (Å²) in [6, 6.07) is 0. The van der Waals surface area contributed by atoms with Crippen LogP contribution in [0.15, 0.2) is 0 Å². The van der Waals surface area contributed by atoms with Crippen molar-refractivity contribution in [3.05, 3.63) is 0 Å². The molecule has 0 radical (unpaired) electrons. The van der Waals surface area contributed by atoms with Crippen LogP contribution in [0.5, 0.6) is 0 Å². The van der Waals surface area contributed by atoms with Gasteiger partial charge in [0.15, 0.2) is 0 Å². The van der Waals surface area contributed by atoms with Crippen LogP contribution in [0, 0.1) is 0 Å². The van der Waals surface area contributed by atoms with Crippen LogP contribution in [0.25, 0.3) is 0 Å². The van der Waals surface area contributed by atoms with Gasteiger partial charge < -0.3 is 30.7 Å². The van der Waals surface area contributed by atoms with Crippen molar-refractivity contribution in [2.45, 2.75) is 51.9 Å². The fraction of sp³-hybridized carbons (Fsp3) is 0.821. The van der Waals surface area contributed by atoms with E-state index in [0.717, 1.165) is 58.5 Å². The number of aliphatic hydroxyl groups is 1.